The van der Waals surface area contributed by atoms with Crippen LogP contribution in [0.5, 0.6) is 5.75 Å². The van der Waals surface area contributed by atoms with Crippen LogP contribution in [0.2, 0.25) is 0 Å². The minimum atomic E-state index is -3.63. The van der Waals surface area contributed by atoms with E-state index in [0.717, 1.165) is 0 Å². The second kappa shape index (κ2) is 6.36. The second-order valence-electron chi connectivity index (χ2n) is 3.40. The molecule has 100 valence electrons. The lowest BCUT2D eigenvalue weighted by molar-refractivity contribution is -0.140. The standard InChI is InChI=1S/C11H15NO5S/c1-16-9-4-3-5-10(8-9)18(14,15)12-7-6-11(13)17-2/h3-5,8,12H,6-7H2,1-2H3. The van der Waals surface area contributed by atoms with E-state index in [9.17, 15) is 13.2 Å². The third kappa shape index (κ3) is 4.01. The van der Waals surface area contributed by atoms with Crippen LogP contribution in [0.4, 0.5) is 0 Å². The Morgan fingerprint density at radius 1 is 1.33 bits per heavy atom. The summed E-state index contributed by atoms with van der Waals surface area (Å²) in [5.74, 6) is -0.0193. The number of benzene rings is 1. The first-order valence-corrected chi connectivity index (χ1v) is 6.68. The molecule has 0 aliphatic heterocycles. The van der Waals surface area contributed by atoms with E-state index >= 15 is 0 Å². The highest BCUT2D eigenvalue weighted by Gasteiger charge is 2.14. The van der Waals surface area contributed by atoms with E-state index in [4.69, 9.17) is 4.74 Å². The Kier molecular flexibility index (Phi) is 5.11. The van der Waals surface area contributed by atoms with Gasteiger partial charge in [-0.2, -0.15) is 0 Å². The molecule has 0 aliphatic rings. The minimum Gasteiger partial charge on any atom is -0.497 e. The van der Waals surface area contributed by atoms with E-state index in [1.807, 2.05) is 0 Å². The van der Waals surface area contributed by atoms with Gasteiger partial charge < -0.3 is 9.47 Å². The zero-order valence-corrected chi connectivity index (χ0v) is 11.0. The summed E-state index contributed by atoms with van der Waals surface area (Å²) in [6.45, 7) is -0.00772. The van der Waals surface area contributed by atoms with Crippen molar-refractivity contribution in [2.45, 2.75) is 11.3 Å². The van der Waals surface area contributed by atoms with Gasteiger partial charge in [0, 0.05) is 12.6 Å². The summed E-state index contributed by atoms with van der Waals surface area (Å²) in [5.41, 5.74) is 0. The number of carbonyl (C=O) groups is 1. The molecular weight excluding hydrogens is 258 g/mol. The Morgan fingerprint density at radius 2 is 2.06 bits per heavy atom. The molecular formula is C11H15NO5S. The fourth-order valence-corrected chi connectivity index (χ4v) is 2.31. The zero-order chi connectivity index (χ0) is 13.6. The van der Waals surface area contributed by atoms with E-state index in [2.05, 4.69) is 9.46 Å². The van der Waals surface area contributed by atoms with Gasteiger partial charge >= 0.3 is 5.97 Å². The second-order valence-corrected chi connectivity index (χ2v) is 5.17. The molecule has 0 atom stereocenters. The molecule has 1 aromatic carbocycles. The van der Waals surface area contributed by atoms with Crippen LogP contribution < -0.4 is 9.46 Å². The zero-order valence-electron chi connectivity index (χ0n) is 10.2. The average molecular weight is 273 g/mol. The number of hydrogen-bond acceptors (Lipinski definition) is 5. The van der Waals surface area contributed by atoms with Crippen LogP contribution in [-0.4, -0.2) is 35.2 Å². The SMILES string of the molecule is COC(=O)CCNS(=O)(=O)c1cccc(OC)c1. The molecule has 7 heteroatoms. The van der Waals surface area contributed by atoms with Gasteiger partial charge in [0.2, 0.25) is 10.0 Å². The molecule has 0 radical (unpaired) electrons. The highest BCUT2D eigenvalue weighted by Crippen LogP contribution is 2.16. The van der Waals surface area contributed by atoms with Crippen LogP contribution in [0.25, 0.3) is 0 Å². The molecule has 0 amide bonds. The van der Waals surface area contributed by atoms with E-state index in [1.54, 1.807) is 12.1 Å². The van der Waals surface area contributed by atoms with E-state index < -0.39 is 16.0 Å². The molecule has 6 nitrogen and oxygen atoms in total. The molecule has 0 saturated carbocycles. The summed E-state index contributed by atoms with van der Waals surface area (Å²) in [6.07, 6.45) is -0.0142. The lowest BCUT2D eigenvalue weighted by Gasteiger charge is -2.07. The third-order valence-electron chi connectivity index (χ3n) is 2.20. The molecule has 0 aromatic heterocycles. The highest BCUT2D eigenvalue weighted by atomic mass is 32.2. The Balaban J connectivity index is 2.71. The number of ether oxygens (including phenoxy) is 2. The number of hydrogen-bond donors (Lipinski definition) is 1. The maximum absolute atomic E-state index is 11.9. The molecule has 0 saturated heterocycles. The van der Waals surface area contributed by atoms with Crippen LogP contribution in [0, 0.1) is 0 Å². The monoisotopic (exact) mass is 273 g/mol. The van der Waals surface area contributed by atoms with Crippen LogP contribution in [-0.2, 0) is 19.6 Å². The van der Waals surface area contributed by atoms with Gasteiger partial charge in [0.25, 0.3) is 0 Å². The molecule has 0 unspecified atom stereocenters. The van der Waals surface area contributed by atoms with Crippen molar-refractivity contribution in [2.75, 3.05) is 20.8 Å². The van der Waals surface area contributed by atoms with Crippen molar-refractivity contribution in [1.29, 1.82) is 0 Å². The van der Waals surface area contributed by atoms with Crippen LogP contribution in [0.15, 0.2) is 29.2 Å². The number of methoxy groups -OCH3 is 2. The fraction of sp³-hybridized carbons (Fsp3) is 0.364. The predicted molar refractivity (Wildman–Crippen MR) is 64.8 cm³/mol. The lowest BCUT2D eigenvalue weighted by Crippen LogP contribution is -2.26. The minimum absolute atomic E-state index is 0.00772. The summed E-state index contributed by atoms with van der Waals surface area (Å²) in [7, 11) is -0.931. The van der Waals surface area contributed by atoms with Crippen molar-refractivity contribution in [3.63, 3.8) is 0 Å². The summed E-state index contributed by atoms with van der Waals surface area (Å²) >= 11 is 0. The normalized spacial score (nSPS) is 11.0. The van der Waals surface area contributed by atoms with E-state index in [0.29, 0.717) is 5.75 Å². The smallest absolute Gasteiger partial charge is 0.306 e. The molecule has 1 N–H and O–H groups in total. The molecule has 0 spiro atoms. The van der Waals surface area contributed by atoms with Gasteiger partial charge in [-0.1, -0.05) is 6.07 Å². The lowest BCUT2D eigenvalue weighted by atomic mass is 10.3. The summed E-state index contributed by atoms with van der Waals surface area (Å²) in [5, 5.41) is 0. The van der Waals surface area contributed by atoms with Gasteiger partial charge in [0.15, 0.2) is 0 Å². The van der Waals surface area contributed by atoms with Gasteiger partial charge in [-0.25, -0.2) is 13.1 Å². The van der Waals surface area contributed by atoms with Crippen LogP contribution in [0.3, 0.4) is 0 Å². The predicted octanol–water partition coefficient (Wildman–Crippen LogP) is 0.537. The molecule has 0 heterocycles. The molecule has 18 heavy (non-hydrogen) atoms. The Bertz CT molecular complexity index is 512. The molecule has 0 bridgehead atoms. The number of esters is 1. The average Bonchev–Trinajstić information content (AvgIpc) is 2.38. The summed E-state index contributed by atoms with van der Waals surface area (Å²) < 4.78 is 35.4. The molecule has 1 aromatic rings. The first-order valence-electron chi connectivity index (χ1n) is 5.20. The summed E-state index contributed by atoms with van der Waals surface area (Å²) in [6, 6.07) is 6.07. The number of sulfonamides is 1. The van der Waals surface area contributed by atoms with Gasteiger partial charge in [0.1, 0.15) is 5.75 Å². The third-order valence-corrected chi connectivity index (χ3v) is 3.66. The topological polar surface area (TPSA) is 81.7 Å². The van der Waals surface area contributed by atoms with Crippen molar-refractivity contribution >= 4 is 16.0 Å². The van der Waals surface area contributed by atoms with Crippen molar-refractivity contribution in [3.8, 4) is 5.75 Å². The fourth-order valence-electron chi connectivity index (χ4n) is 1.24. The Hall–Kier alpha value is -1.60. The largest absolute Gasteiger partial charge is 0.497 e. The number of rotatable bonds is 6. The van der Waals surface area contributed by atoms with Crippen molar-refractivity contribution in [3.05, 3.63) is 24.3 Å². The maximum Gasteiger partial charge on any atom is 0.306 e. The van der Waals surface area contributed by atoms with Crippen molar-refractivity contribution in [1.82, 2.24) is 4.72 Å². The van der Waals surface area contributed by atoms with Crippen molar-refractivity contribution in [2.24, 2.45) is 0 Å². The number of carbonyl (C=O) groups excluding carboxylic acids is 1. The summed E-state index contributed by atoms with van der Waals surface area (Å²) in [4.78, 5) is 10.9. The van der Waals surface area contributed by atoms with Gasteiger partial charge in [-0.3, -0.25) is 4.79 Å². The first kappa shape index (κ1) is 14.5. The highest BCUT2D eigenvalue weighted by molar-refractivity contribution is 7.89. The maximum atomic E-state index is 11.9. The van der Waals surface area contributed by atoms with Crippen LogP contribution >= 0.6 is 0 Å². The first-order chi connectivity index (χ1) is 8.49. The van der Waals surface area contributed by atoms with Gasteiger partial charge in [0.05, 0.1) is 25.5 Å². The molecule has 0 fully saturated rings. The van der Waals surface area contributed by atoms with Crippen LogP contribution in [0.1, 0.15) is 6.42 Å². The quantitative estimate of drug-likeness (QED) is 0.765. The van der Waals surface area contributed by atoms with E-state index in [1.165, 1.54) is 26.4 Å². The van der Waals surface area contributed by atoms with Gasteiger partial charge in [-0.15, -0.1) is 0 Å². The Morgan fingerprint density at radius 3 is 2.67 bits per heavy atom. The Labute approximate surface area is 106 Å². The number of nitrogens with one attached hydrogen (secondary N) is 1. The van der Waals surface area contributed by atoms with Crippen molar-refractivity contribution < 1.29 is 22.7 Å². The van der Waals surface area contributed by atoms with E-state index in [-0.39, 0.29) is 17.9 Å². The molecule has 1 rings (SSSR count). The molecule has 0 aliphatic carbocycles. The van der Waals surface area contributed by atoms with Gasteiger partial charge in [-0.05, 0) is 12.1 Å².